The molecule has 1 saturated heterocycles. The molecular weight excluding hydrogens is 448 g/mol. The molecular formula is C28H51ClN2O3. The topological polar surface area (TPSA) is 110 Å². The Morgan fingerprint density at radius 3 is 2.44 bits per heavy atom. The van der Waals surface area contributed by atoms with Crippen molar-refractivity contribution in [3.63, 3.8) is 0 Å². The summed E-state index contributed by atoms with van der Waals surface area (Å²) in [5, 5.41) is 4.04. The van der Waals surface area contributed by atoms with Crippen LogP contribution < -0.4 is 5.32 Å². The lowest BCUT2D eigenvalue weighted by Crippen LogP contribution is -2.52. The minimum atomic E-state index is 0. The van der Waals surface area contributed by atoms with Gasteiger partial charge in [0.1, 0.15) is 0 Å². The fraction of sp³-hybridized carbons (Fsp3) is 0.643. The van der Waals surface area contributed by atoms with Crippen molar-refractivity contribution >= 4 is 11.6 Å². The van der Waals surface area contributed by atoms with E-state index in [2.05, 4.69) is 87.3 Å². The summed E-state index contributed by atoms with van der Waals surface area (Å²) in [4.78, 5) is 2.69. The second kappa shape index (κ2) is 15.7. The second-order valence-corrected chi connectivity index (χ2v) is 11.0. The van der Waals surface area contributed by atoms with E-state index in [1.54, 1.807) is 0 Å². The van der Waals surface area contributed by atoms with E-state index in [4.69, 9.17) is 11.6 Å². The lowest BCUT2D eigenvalue weighted by Gasteiger charge is -2.46. The van der Waals surface area contributed by atoms with Crippen molar-refractivity contribution in [3.05, 3.63) is 59.2 Å². The summed E-state index contributed by atoms with van der Waals surface area (Å²) in [6.45, 7) is 16.3. The summed E-state index contributed by atoms with van der Waals surface area (Å²) in [5.41, 5.74) is 4.58. The molecule has 2 aliphatic rings. The van der Waals surface area contributed by atoms with E-state index in [0.717, 1.165) is 32.5 Å². The highest BCUT2D eigenvalue weighted by atomic mass is 35.5. The van der Waals surface area contributed by atoms with Gasteiger partial charge in [-0.2, -0.15) is 0 Å². The van der Waals surface area contributed by atoms with E-state index >= 15 is 0 Å². The van der Waals surface area contributed by atoms with Crippen LogP contribution >= 0.6 is 11.6 Å². The fourth-order valence-electron chi connectivity index (χ4n) is 5.17. The maximum Gasteiger partial charge on any atom is 0.0553 e. The zero-order valence-corrected chi connectivity index (χ0v) is 21.9. The second-order valence-electron chi connectivity index (χ2n) is 10.4. The van der Waals surface area contributed by atoms with Crippen molar-refractivity contribution in [2.45, 2.75) is 72.7 Å². The molecule has 5 nitrogen and oxygen atoms in total. The van der Waals surface area contributed by atoms with E-state index in [9.17, 15) is 0 Å². The number of rotatable bonds is 8. The summed E-state index contributed by atoms with van der Waals surface area (Å²) in [6.07, 6.45) is 10.2. The summed E-state index contributed by atoms with van der Waals surface area (Å²) in [6, 6.07) is 9.42. The number of nitrogens with zero attached hydrogens (tertiary/aromatic N) is 1. The van der Waals surface area contributed by atoms with Gasteiger partial charge in [-0.05, 0) is 67.7 Å². The van der Waals surface area contributed by atoms with Crippen LogP contribution in [-0.4, -0.2) is 58.9 Å². The van der Waals surface area contributed by atoms with Gasteiger partial charge in [0.15, 0.2) is 0 Å². The molecule has 198 valence electrons. The van der Waals surface area contributed by atoms with Gasteiger partial charge in [-0.1, -0.05) is 83.2 Å². The van der Waals surface area contributed by atoms with Crippen LogP contribution in [0.2, 0.25) is 0 Å². The molecule has 3 rings (SSSR count). The Bertz CT molecular complexity index is 764. The van der Waals surface area contributed by atoms with Gasteiger partial charge in [-0.15, -0.1) is 11.6 Å². The SMILES string of the molecule is C.Cc1cccc(CCN[C@@H](CN2CC[C@H](C3=CCC(Cl)C=C3)C(C)(C)C2)C(C)C)c1.O.O.O. The average Bonchev–Trinajstić information content (AvgIpc) is 2.67. The molecule has 0 amide bonds. The number of hydrogen-bond donors (Lipinski definition) is 1. The molecule has 1 aliphatic heterocycles. The van der Waals surface area contributed by atoms with Crippen LogP contribution in [-0.2, 0) is 6.42 Å². The average molecular weight is 499 g/mol. The van der Waals surface area contributed by atoms with E-state index < -0.39 is 0 Å². The normalized spacial score (nSPS) is 22.4. The largest absolute Gasteiger partial charge is 0.412 e. The lowest BCUT2D eigenvalue weighted by atomic mass is 9.69. The van der Waals surface area contributed by atoms with Crippen molar-refractivity contribution in [1.82, 2.24) is 10.2 Å². The number of nitrogens with one attached hydrogen (secondary N) is 1. The molecule has 0 bridgehead atoms. The van der Waals surface area contributed by atoms with Crippen molar-refractivity contribution < 1.29 is 16.4 Å². The van der Waals surface area contributed by atoms with E-state index in [0.29, 0.717) is 17.9 Å². The van der Waals surface area contributed by atoms with Gasteiger partial charge in [0.2, 0.25) is 0 Å². The van der Waals surface area contributed by atoms with Crippen LogP contribution in [0.4, 0.5) is 0 Å². The minimum Gasteiger partial charge on any atom is -0.412 e. The summed E-state index contributed by atoms with van der Waals surface area (Å²) in [5.74, 6) is 1.27. The van der Waals surface area contributed by atoms with Crippen molar-refractivity contribution in [2.24, 2.45) is 17.3 Å². The highest BCUT2D eigenvalue weighted by Gasteiger charge is 2.38. The molecule has 0 spiro atoms. The maximum atomic E-state index is 6.24. The van der Waals surface area contributed by atoms with Gasteiger partial charge in [-0.3, -0.25) is 0 Å². The number of halogens is 1. The van der Waals surface area contributed by atoms with Gasteiger partial charge in [-0.25, -0.2) is 0 Å². The van der Waals surface area contributed by atoms with Crippen molar-refractivity contribution in [2.75, 3.05) is 26.2 Å². The third kappa shape index (κ3) is 9.80. The van der Waals surface area contributed by atoms with Crippen LogP contribution in [0.5, 0.6) is 0 Å². The Morgan fingerprint density at radius 1 is 1.18 bits per heavy atom. The summed E-state index contributed by atoms with van der Waals surface area (Å²) in [7, 11) is 0. The molecule has 1 heterocycles. The number of aryl methyl sites for hydroxylation is 1. The standard InChI is InChI=1S/C27H41ClN2.CH4.3H2O/c1-20(2)26(29-15-13-22-8-6-7-21(3)17-22)18-30-16-14-25(27(4,5)19-30)23-9-11-24(28)12-10-23;;;;/h6-11,17,20,24-26,29H,12-16,18-19H2,1-5H3;1H4;3*1H2/t24?,25-,26+;;;;/m1..../s1. The number of likely N-dealkylation sites (tertiary alicyclic amines) is 1. The lowest BCUT2D eigenvalue weighted by molar-refractivity contribution is 0.0633. The van der Waals surface area contributed by atoms with E-state index in [1.807, 2.05) is 0 Å². The van der Waals surface area contributed by atoms with E-state index in [-0.39, 0.29) is 34.6 Å². The van der Waals surface area contributed by atoms with Crippen molar-refractivity contribution in [3.8, 4) is 0 Å². The maximum absolute atomic E-state index is 6.24. The Balaban J connectivity index is 0. The Hall–Kier alpha value is -1.21. The smallest absolute Gasteiger partial charge is 0.0553 e. The predicted octanol–water partition coefficient (Wildman–Crippen LogP) is 4.16. The van der Waals surface area contributed by atoms with Gasteiger partial charge >= 0.3 is 0 Å². The van der Waals surface area contributed by atoms with Gasteiger partial charge in [0, 0.05) is 19.1 Å². The van der Waals surface area contributed by atoms with Crippen LogP contribution in [0.15, 0.2) is 48.1 Å². The molecule has 6 heteroatoms. The van der Waals surface area contributed by atoms with Crippen LogP contribution in [0.25, 0.3) is 0 Å². The third-order valence-corrected chi connectivity index (χ3v) is 7.27. The Morgan fingerprint density at radius 2 is 1.88 bits per heavy atom. The number of alkyl halides is 1. The first-order valence-electron chi connectivity index (χ1n) is 11.8. The first-order valence-corrected chi connectivity index (χ1v) is 12.2. The molecule has 1 aliphatic carbocycles. The molecule has 3 atom stereocenters. The minimum absolute atomic E-state index is 0. The number of hydrogen-bond acceptors (Lipinski definition) is 2. The molecule has 7 N–H and O–H groups in total. The zero-order valence-electron chi connectivity index (χ0n) is 21.1. The molecule has 0 saturated carbocycles. The highest BCUT2D eigenvalue weighted by Crippen LogP contribution is 2.41. The van der Waals surface area contributed by atoms with Gasteiger partial charge in [0.25, 0.3) is 0 Å². The predicted molar refractivity (Wildman–Crippen MR) is 149 cm³/mol. The molecule has 0 radical (unpaired) electrons. The fourth-order valence-corrected chi connectivity index (χ4v) is 5.33. The molecule has 0 aromatic heterocycles. The third-order valence-electron chi connectivity index (χ3n) is 6.95. The number of allylic oxidation sites excluding steroid dienone is 4. The Kier molecular flexibility index (Phi) is 16.2. The summed E-state index contributed by atoms with van der Waals surface area (Å²) >= 11 is 6.24. The molecule has 1 fully saturated rings. The van der Waals surface area contributed by atoms with Crippen LogP contribution in [0, 0.1) is 24.2 Å². The number of piperidine rings is 1. The van der Waals surface area contributed by atoms with E-state index in [1.165, 1.54) is 29.7 Å². The Labute approximate surface area is 213 Å². The first-order chi connectivity index (χ1) is 14.2. The van der Waals surface area contributed by atoms with Crippen LogP contribution in [0.1, 0.15) is 59.1 Å². The van der Waals surface area contributed by atoms with Crippen molar-refractivity contribution in [1.29, 1.82) is 0 Å². The zero-order chi connectivity index (χ0) is 21.7. The molecule has 1 unspecified atom stereocenters. The number of benzene rings is 1. The monoisotopic (exact) mass is 498 g/mol. The van der Waals surface area contributed by atoms with Gasteiger partial charge < -0.3 is 26.6 Å². The molecule has 1 aromatic carbocycles. The molecule has 34 heavy (non-hydrogen) atoms. The quantitative estimate of drug-likeness (QED) is 0.543. The van der Waals surface area contributed by atoms with Gasteiger partial charge in [0.05, 0.1) is 5.38 Å². The highest BCUT2D eigenvalue weighted by molar-refractivity contribution is 6.22. The molecule has 1 aromatic rings. The van der Waals surface area contributed by atoms with Crippen LogP contribution in [0.3, 0.4) is 0 Å². The summed E-state index contributed by atoms with van der Waals surface area (Å²) < 4.78 is 0. The first kappa shape index (κ1) is 35.0.